The van der Waals surface area contributed by atoms with Crippen molar-refractivity contribution in [3.8, 4) is 17.1 Å². The number of furan rings is 1. The van der Waals surface area contributed by atoms with Gasteiger partial charge in [0.1, 0.15) is 5.69 Å². The Kier molecular flexibility index (Phi) is 5.24. The van der Waals surface area contributed by atoms with E-state index >= 15 is 0 Å². The number of amides is 1. The molecule has 1 atom stereocenters. The molecule has 3 aromatic rings. The van der Waals surface area contributed by atoms with Crippen LogP contribution in [0.5, 0.6) is 0 Å². The molecule has 0 spiro atoms. The first-order chi connectivity index (χ1) is 12.8. The number of alkyl halides is 3. The smallest absolute Gasteiger partial charge is 0.416 e. The quantitative estimate of drug-likeness (QED) is 0.688. The van der Waals surface area contributed by atoms with Crippen LogP contribution in [-0.2, 0) is 0 Å². The molecule has 0 saturated carbocycles. The minimum Gasteiger partial charge on any atom is -0.463 e. The number of benzene rings is 1. The van der Waals surface area contributed by atoms with Gasteiger partial charge in [0, 0.05) is 11.1 Å². The van der Waals surface area contributed by atoms with Gasteiger partial charge >= 0.3 is 6.18 Å². The molecule has 142 valence electrons. The van der Waals surface area contributed by atoms with Crippen LogP contribution in [-0.4, -0.2) is 39.6 Å². The number of carbonyl (C=O) groups is 1. The lowest BCUT2D eigenvalue weighted by Crippen LogP contribution is -2.40. The number of aliphatic hydroxyl groups is 1. The summed E-state index contributed by atoms with van der Waals surface area (Å²) in [5.74, 6) is -0.453. The van der Waals surface area contributed by atoms with Crippen LogP contribution in [0.3, 0.4) is 0 Å². The van der Waals surface area contributed by atoms with Gasteiger partial charge in [-0.25, -0.2) is 4.68 Å². The van der Waals surface area contributed by atoms with Gasteiger partial charge < -0.3 is 14.8 Å². The minimum absolute atomic E-state index is 0.134. The summed E-state index contributed by atoms with van der Waals surface area (Å²) in [5.41, 5.74) is 0.856. The van der Waals surface area contributed by atoms with Crippen molar-refractivity contribution >= 4 is 17.5 Å². The first-order valence-electron chi connectivity index (χ1n) is 7.68. The van der Waals surface area contributed by atoms with Crippen LogP contribution in [0.1, 0.15) is 10.5 Å². The standard InChI is InChI=1S/C17H13ClF3N3O3/c18-10-3-5-11(6-4-10)24-13(14-2-1-7-27-14)8-12(23-24)16(26)22-9-15(25)17(19,20)21/h1-8,15,25H,9H2,(H,22,26). The van der Waals surface area contributed by atoms with Crippen molar-refractivity contribution < 1.29 is 27.5 Å². The van der Waals surface area contributed by atoms with E-state index in [4.69, 9.17) is 21.1 Å². The van der Waals surface area contributed by atoms with Crippen LogP contribution in [0, 0.1) is 0 Å². The number of hydrogen-bond acceptors (Lipinski definition) is 4. The summed E-state index contributed by atoms with van der Waals surface area (Å²) in [5, 5.41) is 15.7. The Hall–Kier alpha value is -2.78. The van der Waals surface area contributed by atoms with Crippen molar-refractivity contribution in [2.24, 2.45) is 0 Å². The van der Waals surface area contributed by atoms with E-state index in [9.17, 15) is 18.0 Å². The lowest BCUT2D eigenvalue weighted by molar-refractivity contribution is -0.201. The van der Waals surface area contributed by atoms with Crippen molar-refractivity contribution in [2.75, 3.05) is 6.54 Å². The Bertz CT molecular complexity index is 921. The molecule has 3 rings (SSSR count). The fourth-order valence-electron chi connectivity index (χ4n) is 2.27. The first-order valence-corrected chi connectivity index (χ1v) is 8.06. The topological polar surface area (TPSA) is 80.3 Å². The molecule has 0 aliphatic rings. The molecule has 0 radical (unpaired) electrons. The summed E-state index contributed by atoms with van der Waals surface area (Å²) in [6, 6.07) is 11.3. The average molecular weight is 400 g/mol. The Morgan fingerprint density at radius 2 is 2.00 bits per heavy atom. The fraction of sp³-hybridized carbons (Fsp3) is 0.176. The first kappa shape index (κ1) is 19.0. The molecule has 2 heterocycles. The van der Waals surface area contributed by atoms with E-state index in [1.165, 1.54) is 17.0 Å². The monoisotopic (exact) mass is 399 g/mol. The largest absolute Gasteiger partial charge is 0.463 e. The molecule has 0 saturated heterocycles. The average Bonchev–Trinajstić information content (AvgIpc) is 3.28. The van der Waals surface area contributed by atoms with Gasteiger partial charge in [0.2, 0.25) is 0 Å². The summed E-state index contributed by atoms with van der Waals surface area (Å²) in [6.45, 7) is -0.980. The fourth-order valence-corrected chi connectivity index (χ4v) is 2.39. The SMILES string of the molecule is O=C(NCC(O)C(F)(F)F)c1cc(-c2ccco2)n(-c2ccc(Cl)cc2)n1. The van der Waals surface area contributed by atoms with E-state index < -0.39 is 24.7 Å². The zero-order valence-electron chi connectivity index (χ0n) is 13.6. The van der Waals surface area contributed by atoms with Crippen molar-refractivity contribution in [2.45, 2.75) is 12.3 Å². The van der Waals surface area contributed by atoms with Crippen molar-refractivity contribution in [3.63, 3.8) is 0 Å². The second-order valence-electron chi connectivity index (χ2n) is 5.55. The summed E-state index contributed by atoms with van der Waals surface area (Å²) >= 11 is 5.87. The minimum atomic E-state index is -4.82. The number of nitrogens with zero attached hydrogens (tertiary/aromatic N) is 2. The molecule has 0 bridgehead atoms. The van der Waals surface area contributed by atoms with E-state index in [1.807, 2.05) is 5.32 Å². The summed E-state index contributed by atoms with van der Waals surface area (Å²) in [4.78, 5) is 12.2. The second-order valence-corrected chi connectivity index (χ2v) is 5.98. The molecule has 27 heavy (non-hydrogen) atoms. The molecule has 0 aliphatic carbocycles. The molecule has 1 amide bonds. The van der Waals surface area contributed by atoms with Crippen LogP contribution in [0.25, 0.3) is 17.1 Å². The van der Waals surface area contributed by atoms with Gasteiger partial charge in [0.15, 0.2) is 17.6 Å². The lowest BCUT2D eigenvalue weighted by Gasteiger charge is -2.14. The van der Waals surface area contributed by atoms with E-state index in [1.54, 1.807) is 36.4 Å². The third-order valence-electron chi connectivity index (χ3n) is 3.62. The highest BCUT2D eigenvalue weighted by Crippen LogP contribution is 2.25. The van der Waals surface area contributed by atoms with Gasteiger partial charge in [-0.3, -0.25) is 4.79 Å². The highest BCUT2D eigenvalue weighted by atomic mass is 35.5. The molecule has 1 aromatic carbocycles. The Morgan fingerprint density at radius 1 is 1.30 bits per heavy atom. The van der Waals surface area contributed by atoms with Crippen molar-refractivity contribution in [1.82, 2.24) is 15.1 Å². The van der Waals surface area contributed by atoms with Crippen LogP contribution in [0.4, 0.5) is 13.2 Å². The number of carbonyl (C=O) groups excluding carboxylic acids is 1. The third-order valence-corrected chi connectivity index (χ3v) is 3.87. The van der Waals surface area contributed by atoms with Gasteiger partial charge in [-0.1, -0.05) is 11.6 Å². The molecule has 10 heteroatoms. The zero-order chi connectivity index (χ0) is 19.6. The van der Waals surface area contributed by atoms with Gasteiger partial charge in [-0.2, -0.15) is 18.3 Å². The molecule has 6 nitrogen and oxygen atoms in total. The van der Waals surface area contributed by atoms with Crippen LogP contribution in [0.15, 0.2) is 53.1 Å². The predicted molar refractivity (Wildman–Crippen MR) is 90.7 cm³/mol. The van der Waals surface area contributed by atoms with Crippen LogP contribution < -0.4 is 5.32 Å². The Labute approximate surface area is 156 Å². The van der Waals surface area contributed by atoms with Gasteiger partial charge in [0.25, 0.3) is 5.91 Å². The summed E-state index contributed by atoms with van der Waals surface area (Å²) < 4.78 is 43.8. The highest BCUT2D eigenvalue weighted by Gasteiger charge is 2.38. The van der Waals surface area contributed by atoms with Crippen molar-refractivity contribution in [3.05, 3.63) is 59.4 Å². The van der Waals surface area contributed by atoms with Gasteiger partial charge in [0.05, 0.1) is 18.5 Å². The number of rotatable bonds is 5. The summed E-state index contributed by atoms with van der Waals surface area (Å²) in [7, 11) is 0. The van der Waals surface area contributed by atoms with Gasteiger partial charge in [-0.05, 0) is 36.4 Å². The second kappa shape index (κ2) is 7.45. The van der Waals surface area contributed by atoms with Crippen LogP contribution in [0.2, 0.25) is 5.02 Å². The van der Waals surface area contributed by atoms with Crippen molar-refractivity contribution in [1.29, 1.82) is 0 Å². The molecule has 0 fully saturated rings. The number of nitrogens with one attached hydrogen (secondary N) is 1. The maximum absolute atomic E-state index is 12.4. The van der Waals surface area contributed by atoms with E-state index in [2.05, 4.69) is 5.10 Å². The molecular formula is C17H13ClF3N3O3. The molecular weight excluding hydrogens is 387 g/mol. The van der Waals surface area contributed by atoms with Gasteiger partial charge in [-0.15, -0.1) is 0 Å². The maximum Gasteiger partial charge on any atom is 0.416 e. The van der Waals surface area contributed by atoms with E-state index in [-0.39, 0.29) is 5.69 Å². The zero-order valence-corrected chi connectivity index (χ0v) is 14.3. The molecule has 2 N–H and O–H groups in total. The highest BCUT2D eigenvalue weighted by molar-refractivity contribution is 6.30. The normalized spacial score (nSPS) is 12.8. The van der Waals surface area contributed by atoms with E-state index in [0.29, 0.717) is 22.2 Å². The summed E-state index contributed by atoms with van der Waals surface area (Å²) in [6.07, 6.45) is -6.05. The lowest BCUT2D eigenvalue weighted by atomic mass is 10.2. The number of hydrogen-bond donors (Lipinski definition) is 2. The number of aromatic nitrogens is 2. The molecule has 0 aliphatic heterocycles. The Morgan fingerprint density at radius 3 is 2.59 bits per heavy atom. The number of halogens is 4. The predicted octanol–water partition coefficient (Wildman–Crippen LogP) is 3.44. The number of aliphatic hydroxyl groups excluding tert-OH is 1. The maximum atomic E-state index is 12.4. The molecule has 1 unspecified atom stereocenters. The third kappa shape index (κ3) is 4.32. The molecule has 2 aromatic heterocycles. The van der Waals surface area contributed by atoms with Crippen LogP contribution >= 0.6 is 11.6 Å². The Balaban J connectivity index is 1.90. The van der Waals surface area contributed by atoms with E-state index in [0.717, 1.165) is 0 Å².